The molecule has 0 spiro atoms. The lowest BCUT2D eigenvalue weighted by Crippen LogP contribution is -1.73. The lowest BCUT2D eigenvalue weighted by Gasteiger charge is -1.95. The third-order valence-electron chi connectivity index (χ3n) is 1.65. The molecule has 1 aromatic carbocycles. The second-order valence-electron chi connectivity index (χ2n) is 2.48. The van der Waals surface area contributed by atoms with E-state index in [0.29, 0.717) is 0 Å². The summed E-state index contributed by atoms with van der Waals surface area (Å²) in [4.78, 5) is 0. The Hall–Kier alpha value is -0.770. The Morgan fingerprint density at radius 2 is 1.75 bits per heavy atom. The molecule has 12 heavy (non-hydrogen) atoms. The Bertz CT molecular complexity index is 348. The van der Waals surface area contributed by atoms with Crippen LogP contribution in [0, 0.1) is 3.57 Å². The summed E-state index contributed by atoms with van der Waals surface area (Å²) in [6.07, 6.45) is 1.69. The van der Waals surface area contributed by atoms with Gasteiger partial charge in [-0.25, -0.2) is 0 Å². The van der Waals surface area contributed by atoms with E-state index in [0.717, 1.165) is 11.3 Å². The zero-order chi connectivity index (χ0) is 8.39. The normalized spacial score (nSPS) is 10.1. The highest BCUT2D eigenvalue weighted by Gasteiger charge is 1.97. The van der Waals surface area contributed by atoms with E-state index in [2.05, 4.69) is 46.9 Å². The summed E-state index contributed by atoms with van der Waals surface area (Å²) in [5.41, 5.74) is 1.13. The molecule has 1 nitrogen and oxygen atoms in total. The van der Waals surface area contributed by atoms with Crippen LogP contribution in [0.5, 0.6) is 0 Å². The summed E-state index contributed by atoms with van der Waals surface area (Å²) < 4.78 is 6.50. The summed E-state index contributed by atoms with van der Waals surface area (Å²) in [7, 11) is 0. The lowest BCUT2D eigenvalue weighted by atomic mass is 10.2. The molecule has 60 valence electrons. The molecule has 0 unspecified atom stereocenters. The van der Waals surface area contributed by atoms with Crippen molar-refractivity contribution in [1.29, 1.82) is 0 Å². The molecule has 0 aliphatic rings. The Labute approximate surface area is 84.5 Å². The van der Waals surface area contributed by atoms with Crippen LogP contribution in [0.1, 0.15) is 0 Å². The van der Waals surface area contributed by atoms with E-state index in [1.165, 1.54) is 3.57 Å². The molecule has 2 aromatic rings. The van der Waals surface area contributed by atoms with Gasteiger partial charge in [0.15, 0.2) is 0 Å². The molecular weight excluding hydrogens is 263 g/mol. The van der Waals surface area contributed by atoms with Crippen LogP contribution in [-0.4, -0.2) is 0 Å². The van der Waals surface area contributed by atoms with Crippen molar-refractivity contribution in [1.82, 2.24) is 0 Å². The molecular formula is C10H7IO. The van der Waals surface area contributed by atoms with Crippen LogP contribution >= 0.6 is 22.6 Å². The highest BCUT2D eigenvalue weighted by molar-refractivity contribution is 14.1. The van der Waals surface area contributed by atoms with Crippen molar-refractivity contribution in [2.24, 2.45) is 0 Å². The van der Waals surface area contributed by atoms with E-state index in [1.807, 2.05) is 12.1 Å². The molecule has 0 atom stereocenters. The molecule has 0 fully saturated rings. The molecule has 1 aromatic heterocycles. The molecule has 2 rings (SSSR count). The van der Waals surface area contributed by atoms with Crippen molar-refractivity contribution >= 4 is 22.6 Å². The van der Waals surface area contributed by atoms with Crippen LogP contribution in [0.4, 0.5) is 0 Å². The van der Waals surface area contributed by atoms with Crippen molar-refractivity contribution < 1.29 is 4.42 Å². The molecule has 2 heteroatoms. The fourth-order valence-electron chi connectivity index (χ4n) is 1.06. The van der Waals surface area contributed by atoms with Gasteiger partial charge in [-0.1, -0.05) is 12.1 Å². The lowest BCUT2D eigenvalue weighted by molar-refractivity contribution is 0.582. The number of halogens is 1. The van der Waals surface area contributed by atoms with Gasteiger partial charge in [-0.05, 0) is 46.9 Å². The fourth-order valence-corrected chi connectivity index (χ4v) is 1.42. The minimum Gasteiger partial charge on any atom is -0.464 e. The highest BCUT2D eigenvalue weighted by atomic mass is 127. The Morgan fingerprint density at radius 3 is 2.33 bits per heavy atom. The van der Waals surface area contributed by atoms with Gasteiger partial charge in [-0.3, -0.25) is 0 Å². The van der Waals surface area contributed by atoms with E-state index in [1.54, 1.807) is 6.26 Å². The fraction of sp³-hybridized carbons (Fsp3) is 0. The number of benzene rings is 1. The van der Waals surface area contributed by atoms with E-state index in [9.17, 15) is 0 Å². The van der Waals surface area contributed by atoms with Crippen LogP contribution in [0.25, 0.3) is 11.3 Å². The van der Waals surface area contributed by atoms with Gasteiger partial charge in [0.25, 0.3) is 0 Å². The maximum absolute atomic E-state index is 5.26. The summed E-state index contributed by atoms with van der Waals surface area (Å²) in [5, 5.41) is 0. The van der Waals surface area contributed by atoms with Crippen LogP contribution in [0.15, 0.2) is 47.1 Å². The van der Waals surface area contributed by atoms with Crippen molar-refractivity contribution in [3.63, 3.8) is 0 Å². The highest BCUT2D eigenvalue weighted by Crippen LogP contribution is 2.20. The monoisotopic (exact) mass is 270 g/mol. The molecule has 0 bridgehead atoms. The van der Waals surface area contributed by atoms with Crippen molar-refractivity contribution in [3.05, 3.63) is 46.2 Å². The molecule has 0 radical (unpaired) electrons. The summed E-state index contributed by atoms with van der Waals surface area (Å²) in [5.74, 6) is 0.923. The first-order valence-electron chi connectivity index (χ1n) is 3.66. The van der Waals surface area contributed by atoms with Crippen LogP contribution in [0.2, 0.25) is 0 Å². The molecule has 0 saturated heterocycles. The van der Waals surface area contributed by atoms with Gasteiger partial charge in [-0.15, -0.1) is 0 Å². The molecule has 1 heterocycles. The summed E-state index contributed by atoms with van der Waals surface area (Å²) in [6.45, 7) is 0. The first kappa shape index (κ1) is 7.86. The number of furan rings is 1. The van der Waals surface area contributed by atoms with Gasteiger partial charge < -0.3 is 4.42 Å². The van der Waals surface area contributed by atoms with Crippen molar-refractivity contribution in [3.8, 4) is 11.3 Å². The standard InChI is InChI=1S/C10H7IO/c11-9-5-3-8(4-6-9)10-2-1-7-12-10/h1-7H. The zero-order valence-corrected chi connectivity index (χ0v) is 8.49. The molecule has 0 aliphatic carbocycles. The second-order valence-corrected chi connectivity index (χ2v) is 3.73. The third-order valence-corrected chi connectivity index (χ3v) is 2.37. The smallest absolute Gasteiger partial charge is 0.133 e. The SMILES string of the molecule is Ic1ccc(-c2ccco2)cc1. The molecule has 0 aliphatic heterocycles. The first-order valence-corrected chi connectivity index (χ1v) is 4.73. The third kappa shape index (κ3) is 1.53. The van der Waals surface area contributed by atoms with E-state index in [4.69, 9.17) is 4.42 Å². The predicted molar refractivity (Wildman–Crippen MR) is 56.9 cm³/mol. The molecule has 0 amide bonds. The summed E-state index contributed by atoms with van der Waals surface area (Å²) in [6, 6.07) is 12.1. The van der Waals surface area contributed by atoms with Crippen LogP contribution < -0.4 is 0 Å². The average Bonchev–Trinajstić information content (AvgIpc) is 2.58. The Morgan fingerprint density at radius 1 is 1.00 bits per heavy atom. The predicted octanol–water partition coefficient (Wildman–Crippen LogP) is 3.55. The van der Waals surface area contributed by atoms with Crippen molar-refractivity contribution in [2.75, 3.05) is 0 Å². The van der Waals surface area contributed by atoms with E-state index < -0.39 is 0 Å². The van der Waals surface area contributed by atoms with Gasteiger partial charge >= 0.3 is 0 Å². The molecule has 0 saturated carbocycles. The van der Waals surface area contributed by atoms with Gasteiger partial charge in [-0.2, -0.15) is 0 Å². The molecule has 0 N–H and O–H groups in total. The average molecular weight is 270 g/mol. The number of rotatable bonds is 1. The Balaban J connectivity index is 2.43. The largest absolute Gasteiger partial charge is 0.464 e. The zero-order valence-electron chi connectivity index (χ0n) is 6.33. The first-order chi connectivity index (χ1) is 5.86. The minimum atomic E-state index is 0.923. The van der Waals surface area contributed by atoms with Crippen molar-refractivity contribution in [2.45, 2.75) is 0 Å². The number of hydrogen-bond donors (Lipinski definition) is 0. The Kier molecular flexibility index (Phi) is 2.17. The maximum atomic E-state index is 5.26. The van der Waals surface area contributed by atoms with Crippen LogP contribution in [-0.2, 0) is 0 Å². The van der Waals surface area contributed by atoms with Gasteiger partial charge in [0.2, 0.25) is 0 Å². The maximum Gasteiger partial charge on any atom is 0.133 e. The van der Waals surface area contributed by atoms with Gasteiger partial charge in [0, 0.05) is 9.13 Å². The quantitative estimate of drug-likeness (QED) is 0.722. The van der Waals surface area contributed by atoms with Crippen LogP contribution in [0.3, 0.4) is 0 Å². The number of hydrogen-bond acceptors (Lipinski definition) is 1. The van der Waals surface area contributed by atoms with Gasteiger partial charge in [0.05, 0.1) is 6.26 Å². The van der Waals surface area contributed by atoms with E-state index in [-0.39, 0.29) is 0 Å². The minimum absolute atomic E-state index is 0.923. The van der Waals surface area contributed by atoms with Gasteiger partial charge in [0.1, 0.15) is 5.76 Å². The summed E-state index contributed by atoms with van der Waals surface area (Å²) >= 11 is 2.28. The van der Waals surface area contributed by atoms with E-state index >= 15 is 0 Å². The second kappa shape index (κ2) is 3.31. The topological polar surface area (TPSA) is 13.1 Å².